The van der Waals surface area contributed by atoms with Gasteiger partial charge in [-0.2, -0.15) is 5.10 Å². The molecule has 0 aromatic carbocycles. The van der Waals surface area contributed by atoms with Crippen LogP contribution in [0, 0.1) is 0 Å². The van der Waals surface area contributed by atoms with Crippen molar-refractivity contribution in [3.8, 4) is 0 Å². The molecule has 2 atom stereocenters. The molecule has 1 saturated heterocycles. The number of rotatable bonds is 3. The Morgan fingerprint density at radius 3 is 3.00 bits per heavy atom. The van der Waals surface area contributed by atoms with Crippen molar-refractivity contribution in [3.63, 3.8) is 0 Å². The van der Waals surface area contributed by atoms with Gasteiger partial charge < -0.3 is 15.0 Å². The highest BCUT2D eigenvalue weighted by atomic mass is 35.5. The maximum atomic E-state index is 11.7. The van der Waals surface area contributed by atoms with Crippen LogP contribution in [0.25, 0.3) is 0 Å². The molecule has 0 bridgehead atoms. The Hall–Kier alpha value is -1.11. The Bertz CT molecular complexity index is 505. The molecule has 2 rings (SSSR count). The summed E-state index contributed by atoms with van der Waals surface area (Å²) in [6.07, 6.45) is 1.63. The quantitative estimate of drug-likeness (QED) is 0.880. The van der Waals surface area contributed by atoms with Gasteiger partial charge in [0.2, 0.25) is 0 Å². The van der Waals surface area contributed by atoms with E-state index in [1.807, 2.05) is 6.92 Å². The molecule has 19 heavy (non-hydrogen) atoms. The lowest BCUT2D eigenvalue weighted by Crippen LogP contribution is -2.47. The zero-order valence-electron chi connectivity index (χ0n) is 11.4. The first kappa shape index (κ1) is 14.3. The number of nitrogens with one attached hydrogen (secondary N) is 1. The minimum atomic E-state index is -0.305. The van der Waals surface area contributed by atoms with E-state index >= 15 is 0 Å². The van der Waals surface area contributed by atoms with Crippen molar-refractivity contribution >= 4 is 17.3 Å². The van der Waals surface area contributed by atoms with E-state index in [4.69, 9.17) is 16.3 Å². The molecular weight excluding hydrogens is 268 g/mol. The van der Waals surface area contributed by atoms with Crippen LogP contribution >= 0.6 is 11.6 Å². The molecule has 106 valence electrons. The van der Waals surface area contributed by atoms with Gasteiger partial charge in [0.1, 0.15) is 5.02 Å². The Morgan fingerprint density at radius 1 is 1.58 bits per heavy atom. The highest BCUT2D eigenvalue weighted by Gasteiger charge is 2.24. The van der Waals surface area contributed by atoms with E-state index < -0.39 is 0 Å². The summed E-state index contributed by atoms with van der Waals surface area (Å²) in [4.78, 5) is 13.9. The highest BCUT2D eigenvalue weighted by molar-refractivity contribution is 6.32. The smallest absolute Gasteiger partial charge is 0.287 e. The standard InChI is InChI=1S/C12H19ClN4O2/c1-8(10-7-16(2)4-5-19-10)15-9-6-14-17(3)12(18)11(9)13/h6,8,10,15H,4-5,7H2,1-3H3. The average molecular weight is 287 g/mol. The van der Waals surface area contributed by atoms with E-state index in [1.54, 1.807) is 13.2 Å². The summed E-state index contributed by atoms with van der Waals surface area (Å²) in [5.41, 5.74) is 0.245. The number of hydrogen-bond donors (Lipinski definition) is 1. The second kappa shape index (κ2) is 5.90. The Balaban J connectivity index is 2.08. The molecule has 0 spiro atoms. The van der Waals surface area contributed by atoms with E-state index in [0.29, 0.717) is 5.69 Å². The van der Waals surface area contributed by atoms with Gasteiger partial charge in [-0.05, 0) is 14.0 Å². The van der Waals surface area contributed by atoms with Crippen LogP contribution in [0.3, 0.4) is 0 Å². The molecule has 0 saturated carbocycles. The second-order valence-electron chi connectivity index (χ2n) is 4.91. The topological polar surface area (TPSA) is 59.4 Å². The summed E-state index contributed by atoms with van der Waals surface area (Å²) < 4.78 is 6.94. The van der Waals surface area contributed by atoms with Crippen molar-refractivity contribution in [2.45, 2.75) is 19.1 Å². The van der Waals surface area contributed by atoms with E-state index in [9.17, 15) is 4.79 Å². The average Bonchev–Trinajstić information content (AvgIpc) is 2.39. The molecule has 1 N–H and O–H groups in total. The van der Waals surface area contributed by atoms with Crippen LogP contribution in [-0.4, -0.2) is 53.6 Å². The maximum absolute atomic E-state index is 11.7. The molecule has 1 aliphatic heterocycles. The van der Waals surface area contributed by atoms with Gasteiger partial charge in [0.05, 0.1) is 30.6 Å². The van der Waals surface area contributed by atoms with Crippen LogP contribution in [-0.2, 0) is 11.8 Å². The Morgan fingerprint density at radius 2 is 2.32 bits per heavy atom. The number of halogens is 1. The van der Waals surface area contributed by atoms with E-state index in [0.717, 1.165) is 19.7 Å². The summed E-state index contributed by atoms with van der Waals surface area (Å²) in [6.45, 7) is 4.52. The number of ether oxygens (including phenoxy) is 1. The molecular formula is C12H19ClN4O2. The van der Waals surface area contributed by atoms with E-state index in [1.165, 1.54) is 4.68 Å². The van der Waals surface area contributed by atoms with Crippen molar-refractivity contribution < 1.29 is 4.74 Å². The zero-order chi connectivity index (χ0) is 14.0. The molecule has 1 aromatic rings. The molecule has 6 nitrogen and oxygen atoms in total. The fourth-order valence-corrected chi connectivity index (χ4v) is 2.29. The number of morpholine rings is 1. The largest absolute Gasteiger partial charge is 0.377 e. The maximum Gasteiger partial charge on any atom is 0.287 e. The van der Waals surface area contributed by atoms with Crippen LogP contribution in [0.1, 0.15) is 6.92 Å². The third kappa shape index (κ3) is 3.26. The fourth-order valence-electron chi connectivity index (χ4n) is 2.06. The van der Waals surface area contributed by atoms with Gasteiger partial charge in [-0.25, -0.2) is 4.68 Å². The van der Waals surface area contributed by atoms with Crippen molar-refractivity contribution in [1.82, 2.24) is 14.7 Å². The van der Waals surface area contributed by atoms with E-state index in [-0.39, 0.29) is 22.7 Å². The number of nitrogens with zero attached hydrogens (tertiary/aromatic N) is 3. The molecule has 0 radical (unpaired) electrons. The van der Waals surface area contributed by atoms with Crippen molar-refractivity contribution in [2.24, 2.45) is 7.05 Å². The normalized spacial score (nSPS) is 22.2. The van der Waals surface area contributed by atoms with Crippen LogP contribution < -0.4 is 10.9 Å². The summed E-state index contributed by atoms with van der Waals surface area (Å²) in [7, 11) is 3.63. The van der Waals surface area contributed by atoms with Crippen LogP contribution in [0.15, 0.2) is 11.0 Å². The lowest BCUT2D eigenvalue weighted by atomic mass is 10.1. The van der Waals surface area contributed by atoms with Crippen molar-refractivity contribution in [1.29, 1.82) is 0 Å². The lowest BCUT2D eigenvalue weighted by Gasteiger charge is -2.34. The Kier molecular flexibility index (Phi) is 4.44. The summed E-state index contributed by atoms with van der Waals surface area (Å²) in [5, 5.41) is 7.33. The highest BCUT2D eigenvalue weighted by Crippen LogP contribution is 2.18. The molecule has 2 heterocycles. The number of aromatic nitrogens is 2. The monoisotopic (exact) mass is 286 g/mol. The molecule has 7 heteroatoms. The molecule has 2 unspecified atom stereocenters. The van der Waals surface area contributed by atoms with Crippen LogP contribution in [0.4, 0.5) is 5.69 Å². The van der Waals surface area contributed by atoms with Crippen LogP contribution in [0.2, 0.25) is 5.02 Å². The van der Waals surface area contributed by atoms with Gasteiger partial charge in [0.25, 0.3) is 5.56 Å². The zero-order valence-corrected chi connectivity index (χ0v) is 12.1. The van der Waals surface area contributed by atoms with Gasteiger partial charge in [0.15, 0.2) is 0 Å². The fraction of sp³-hybridized carbons (Fsp3) is 0.667. The third-order valence-electron chi connectivity index (χ3n) is 3.32. The number of likely N-dealkylation sites (N-methyl/N-ethyl adjacent to an activating group) is 1. The predicted molar refractivity (Wildman–Crippen MR) is 74.8 cm³/mol. The molecule has 1 fully saturated rings. The van der Waals surface area contributed by atoms with E-state index in [2.05, 4.69) is 22.4 Å². The molecule has 1 aromatic heterocycles. The van der Waals surface area contributed by atoms with Gasteiger partial charge in [-0.3, -0.25) is 4.79 Å². The lowest BCUT2D eigenvalue weighted by molar-refractivity contribution is -0.0259. The third-order valence-corrected chi connectivity index (χ3v) is 3.68. The van der Waals surface area contributed by atoms with Gasteiger partial charge >= 0.3 is 0 Å². The molecule has 0 aliphatic carbocycles. The van der Waals surface area contributed by atoms with Gasteiger partial charge in [-0.1, -0.05) is 11.6 Å². The first-order chi connectivity index (χ1) is 8.99. The Labute approximate surface area is 117 Å². The SMILES string of the molecule is CC(Nc1cnn(C)c(=O)c1Cl)C1CN(C)CCO1. The molecule has 0 amide bonds. The summed E-state index contributed by atoms with van der Waals surface area (Å²) in [5.74, 6) is 0. The second-order valence-corrected chi connectivity index (χ2v) is 5.28. The molecule has 1 aliphatic rings. The van der Waals surface area contributed by atoms with Crippen molar-refractivity contribution in [3.05, 3.63) is 21.6 Å². The first-order valence-electron chi connectivity index (χ1n) is 6.27. The number of anilines is 1. The first-order valence-corrected chi connectivity index (χ1v) is 6.65. The van der Waals surface area contributed by atoms with Gasteiger partial charge in [0, 0.05) is 20.1 Å². The number of hydrogen-bond acceptors (Lipinski definition) is 5. The minimum absolute atomic E-state index is 0.0501. The number of aryl methyl sites for hydroxylation is 1. The van der Waals surface area contributed by atoms with Crippen LogP contribution in [0.5, 0.6) is 0 Å². The minimum Gasteiger partial charge on any atom is -0.377 e. The van der Waals surface area contributed by atoms with Crippen molar-refractivity contribution in [2.75, 3.05) is 32.1 Å². The van der Waals surface area contributed by atoms with Gasteiger partial charge in [-0.15, -0.1) is 0 Å². The summed E-state index contributed by atoms with van der Waals surface area (Å²) >= 11 is 6.02. The summed E-state index contributed by atoms with van der Waals surface area (Å²) in [6, 6.07) is 0.0501. The predicted octanol–water partition coefficient (Wildman–Crippen LogP) is 0.565.